The van der Waals surface area contributed by atoms with Gasteiger partial charge in [0.05, 0.1) is 24.7 Å². The van der Waals surface area contributed by atoms with Gasteiger partial charge < -0.3 is 14.8 Å². The zero-order chi connectivity index (χ0) is 18.6. The summed E-state index contributed by atoms with van der Waals surface area (Å²) in [5, 5.41) is 14.1. The molecule has 7 nitrogen and oxygen atoms in total. The smallest absolute Gasteiger partial charge is 0.286 e. The van der Waals surface area contributed by atoms with E-state index in [0.717, 1.165) is 11.1 Å². The van der Waals surface area contributed by atoms with Gasteiger partial charge in [-0.05, 0) is 32.4 Å². The molecule has 0 radical (unpaired) electrons. The molecular weight excluding hydrogens is 324 g/mol. The maximum absolute atomic E-state index is 12.6. The number of nitrogens with one attached hydrogen (secondary N) is 1. The molecule has 2 rings (SSSR count). The Labute approximate surface area is 145 Å². The topological polar surface area (TPSA) is 90.7 Å². The fourth-order valence-corrected chi connectivity index (χ4v) is 2.45. The lowest BCUT2D eigenvalue weighted by atomic mass is 10.1. The Kier molecular flexibility index (Phi) is 5.59. The highest BCUT2D eigenvalue weighted by Crippen LogP contribution is 2.35. The van der Waals surface area contributed by atoms with E-state index in [2.05, 4.69) is 5.32 Å². The van der Waals surface area contributed by atoms with Crippen molar-refractivity contribution in [2.75, 3.05) is 19.0 Å². The van der Waals surface area contributed by atoms with Crippen LogP contribution in [0.1, 0.15) is 28.4 Å². The molecule has 0 heterocycles. The predicted octanol–water partition coefficient (Wildman–Crippen LogP) is 3.87. The molecule has 0 bridgehead atoms. The zero-order valence-electron chi connectivity index (χ0n) is 14.6. The Bertz CT molecular complexity index is 817. The van der Waals surface area contributed by atoms with Gasteiger partial charge in [-0.3, -0.25) is 14.9 Å². The highest BCUT2D eigenvalue weighted by atomic mass is 16.6. The Morgan fingerprint density at radius 2 is 1.92 bits per heavy atom. The average molecular weight is 344 g/mol. The van der Waals surface area contributed by atoms with E-state index in [0.29, 0.717) is 12.3 Å². The first-order valence-corrected chi connectivity index (χ1v) is 7.75. The molecular formula is C18H20N2O5. The molecule has 0 fully saturated rings. The van der Waals surface area contributed by atoms with Gasteiger partial charge in [-0.2, -0.15) is 0 Å². The average Bonchev–Trinajstić information content (AvgIpc) is 2.57. The molecule has 1 N–H and O–H groups in total. The molecule has 2 aromatic rings. The SMILES string of the molecule is CCOc1cc([N+](=O)[O-])c(C(=O)Nc2ccc(C)cc2C)cc1OC. The summed E-state index contributed by atoms with van der Waals surface area (Å²) in [6.45, 7) is 5.88. The number of hydrogen-bond donors (Lipinski definition) is 1. The molecule has 1 amide bonds. The van der Waals surface area contributed by atoms with Crippen molar-refractivity contribution in [1.82, 2.24) is 0 Å². The molecule has 0 saturated carbocycles. The van der Waals surface area contributed by atoms with Crippen molar-refractivity contribution in [1.29, 1.82) is 0 Å². The summed E-state index contributed by atoms with van der Waals surface area (Å²) >= 11 is 0. The Balaban J connectivity index is 2.45. The van der Waals surface area contributed by atoms with E-state index in [-0.39, 0.29) is 22.7 Å². The van der Waals surface area contributed by atoms with E-state index in [9.17, 15) is 14.9 Å². The zero-order valence-corrected chi connectivity index (χ0v) is 14.6. The third-order valence-electron chi connectivity index (χ3n) is 3.65. The van der Waals surface area contributed by atoms with E-state index in [1.807, 2.05) is 26.0 Å². The number of nitrogens with zero attached hydrogens (tertiary/aromatic N) is 1. The van der Waals surface area contributed by atoms with Crippen LogP contribution in [-0.2, 0) is 0 Å². The molecule has 0 aromatic heterocycles. The maximum atomic E-state index is 12.6. The third-order valence-corrected chi connectivity index (χ3v) is 3.65. The van der Waals surface area contributed by atoms with Gasteiger partial charge in [0.1, 0.15) is 5.56 Å². The highest BCUT2D eigenvalue weighted by Gasteiger charge is 2.25. The van der Waals surface area contributed by atoms with Crippen LogP contribution < -0.4 is 14.8 Å². The van der Waals surface area contributed by atoms with Gasteiger partial charge in [0, 0.05) is 11.8 Å². The molecule has 2 aromatic carbocycles. The fourth-order valence-electron chi connectivity index (χ4n) is 2.45. The van der Waals surface area contributed by atoms with Crippen LogP contribution in [0, 0.1) is 24.0 Å². The van der Waals surface area contributed by atoms with Crippen LogP contribution in [0.25, 0.3) is 0 Å². The number of benzene rings is 2. The normalized spacial score (nSPS) is 10.2. The molecule has 0 aliphatic heterocycles. The minimum Gasteiger partial charge on any atom is -0.493 e. The molecule has 0 atom stereocenters. The second-order valence-corrected chi connectivity index (χ2v) is 5.48. The molecule has 0 aliphatic rings. The number of ether oxygens (including phenoxy) is 2. The number of aryl methyl sites for hydroxylation is 2. The second kappa shape index (κ2) is 7.65. The van der Waals surface area contributed by atoms with Gasteiger partial charge in [0.25, 0.3) is 11.6 Å². The first-order chi connectivity index (χ1) is 11.9. The molecule has 132 valence electrons. The summed E-state index contributed by atoms with van der Waals surface area (Å²) in [4.78, 5) is 23.4. The summed E-state index contributed by atoms with van der Waals surface area (Å²) in [7, 11) is 1.41. The lowest BCUT2D eigenvalue weighted by molar-refractivity contribution is -0.385. The molecule has 0 saturated heterocycles. The van der Waals surface area contributed by atoms with Crippen LogP contribution in [0.2, 0.25) is 0 Å². The summed E-state index contributed by atoms with van der Waals surface area (Å²) in [5.41, 5.74) is 2.09. The van der Waals surface area contributed by atoms with E-state index < -0.39 is 10.8 Å². The monoisotopic (exact) mass is 344 g/mol. The van der Waals surface area contributed by atoms with Crippen molar-refractivity contribution >= 4 is 17.3 Å². The summed E-state index contributed by atoms with van der Waals surface area (Å²) in [5.74, 6) is -0.0991. The van der Waals surface area contributed by atoms with E-state index in [1.54, 1.807) is 13.0 Å². The van der Waals surface area contributed by atoms with Crippen molar-refractivity contribution in [2.24, 2.45) is 0 Å². The summed E-state index contributed by atoms with van der Waals surface area (Å²) < 4.78 is 10.5. The largest absolute Gasteiger partial charge is 0.493 e. The van der Waals surface area contributed by atoms with E-state index in [1.165, 1.54) is 19.2 Å². The molecule has 0 aliphatic carbocycles. The van der Waals surface area contributed by atoms with E-state index in [4.69, 9.17) is 9.47 Å². The number of hydrogen-bond acceptors (Lipinski definition) is 5. The lowest BCUT2D eigenvalue weighted by Gasteiger charge is -2.13. The fraction of sp³-hybridized carbons (Fsp3) is 0.278. The summed E-state index contributed by atoms with van der Waals surface area (Å²) in [6.07, 6.45) is 0. The van der Waals surface area contributed by atoms with Crippen LogP contribution in [0.15, 0.2) is 30.3 Å². The van der Waals surface area contributed by atoms with Crippen LogP contribution in [0.4, 0.5) is 11.4 Å². The van der Waals surface area contributed by atoms with Crippen molar-refractivity contribution in [3.8, 4) is 11.5 Å². The van der Waals surface area contributed by atoms with Crippen molar-refractivity contribution < 1.29 is 19.2 Å². The minimum absolute atomic E-state index is 0.0923. The number of methoxy groups -OCH3 is 1. The highest BCUT2D eigenvalue weighted by molar-refractivity contribution is 6.08. The number of nitro benzene ring substituents is 1. The first kappa shape index (κ1) is 18.3. The van der Waals surface area contributed by atoms with Crippen LogP contribution in [0.3, 0.4) is 0 Å². The third kappa shape index (κ3) is 4.06. The number of nitro groups is 1. The number of anilines is 1. The number of rotatable bonds is 6. The van der Waals surface area contributed by atoms with Gasteiger partial charge in [-0.15, -0.1) is 0 Å². The van der Waals surface area contributed by atoms with Crippen LogP contribution in [0.5, 0.6) is 11.5 Å². The summed E-state index contributed by atoms with van der Waals surface area (Å²) in [6, 6.07) is 8.07. The minimum atomic E-state index is -0.612. The van der Waals surface area contributed by atoms with Gasteiger partial charge in [-0.1, -0.05) is 17.7 Å². The Morgan fingerprint density at radius 1 is 1.20 bits per heavy atom. The van der Waals surface area contributed by atoms with Crippen LogP contribution in [-0.4, -0.2) is 24.5 Å². The Hall–Kier alpha value is -3.09. The molecule has 0 spiro atoms. The predicted molar refractivity (Wildman–Crippen MR) is 94.7 cm³/mol. The second-order valence-electron chi connectivity index (χ2n) is 5.48. The number of carbonyl (C=O) groups is 1. The molecule has 25 heavy (non-hydrogen) atoms. The van der Waals surface area contributed by atoms with Crippen molar-refractivity contribution in [2.45, 2.75) is 20.8 Å². The molecule has 0 unspecified atom stereocenters. The van der Waals surface area contributed by atoms with Crippen LogP contribution >= 0.6 is 0 Å². The lowest BCUT2D eigenvalue weighted by Crippen LogP contribution is -2.15. The van der Waals surface area contributed by atoms with Crippen molar-refractivity contribution in [3.05, 3.63) is 57.1 Å². The quantitative estimate of drug-likeness (QED) is 0.634. The van der Waals surface area contributed by atoms with E-state index >= 15 is 0 Å². The standard InChI is InChI=1S/C18H20N2O5/c1-5-25-17-10-15(20(22)23)13(9-16(17)24-4)18(21)19-14-7-6-11(2)8-12(14)3/h6-10H,5H2,1-4H3,(H,19,21). The van der Waals surface area contributed by atoms with Crippen molar-refractivity contribution in [3.63, 3.8) is 0 Å². The van der Waals surface area contributed by atoms with Gasteiger partial charge in [0.15, 0.2) is 11.5 Å². The number of carbonyl (C=O) groups excluding carboxylic acids is 1. The first-order valence-electron chi connectivity index (χ1n) is 7.75. The number of amides is 1. The maximum Gasteiger partial charge on any atom is 0.286 e. The van der Waals surface area contributed by atoms with Gasteiger partial charge in [-0.25, -0.2) is 0 Å². The van der Waals surface area contributed by atoms with Gasteiger partial charge in [0.2, 0.25) is 0 Å². The van der Waals surface area contributed by atoms with Gasteiger partial charge >= 0.3 is 0 Å². The molecule has 7 heteroatoms. The Morgan fingerprint density at radius 3 is 2.48 bits per heavy atom.